The molecular weight excluding hydrogens is 372 g/mol. The Morgan fingerprint density at radius 1 is 1.34 bits per heavy atom. The molecule has 2 aromatic rings. The molecule has 1 aromatic heterocycles. The van der Waals surface area contributed by atoms with Crippen LogP contribution in [-0.4, -0.2) is 44.4 Å². The fourth-order valence-electron chi connectivity index (χ4n) is 3.87. The van der Waals surface area contributed by atoms with Crippen molar-refractivity contribution in [3.63, 3.8) is 0 Å². The lowest BCUT2D eigenvalue weighted by atomic mass is 10.0. The summed E-state index contributed by atoms with van der Waals surface area (Å²) in [7, 11) is 1.82. The quantitative estimate of drug-likeness (QED) is 0.523. The van der Waals surface area contributed by atoms with Crippen LogP contribution in [0.5, 0.6) is 0 Å². The van der Waals surface area contributed by atoms with Crippen LogP contribution in [0, 0.1) is 5.41 Å². The maximum absolute atomic E-state index is 12.8. The zero-order valence-corrected chi connectivity index (χ0v) is 15.8. The summed E-state index contributed by atoms with van der Waals surface area (Å²) in [4.78, 5) is 42.3. The van der Waals surface area contributed by atoms with Gasteiger partial charge in [0.25, 0.3) is 5.91 Å². The molecule has 4 rings (SSSR count). The van der Waals surface area contributed by atoms with Crippen LogP contribution in [0.15, 0.2) is 30.6 Å². The minimum Gasteiger partial charge on any atom is -0.397 e. The number of aromatic nitrogens is 2. The normalized spacial score (nSPS) is 19.3. The molecule has 2 aliphatic rings. The van der Waals surface area contributed by atoms with Crippen LogP contribution >= 0.6 is 0 Å². The summed E-state index contributed by atoms with van der Waals surface area (Å²) in [5.41, 5.74) is 9.96. The Kier molecular flexibility index (Phi) is 4.50. The Hall–Kier alpha value is -3.75. The molecule has 9 nitrogen and oxygen atoms in total. The number of nitrogens with two attached hydrogens (primary N) is 1. The van der Waals surface area contributed by atoms with Gasteiger partial charge >= 0.3 is 0 Å². The van der Waals surface area contributed by atoms with Crippen molar-refractivity contribution in [2.24, 2.45) is 12.8 Å². The number of piperidine rings is 1. The number of hydrogen-bond acceptors (Lipinski definition) is 6. The summed E-state index contributed by atoms with van der Waals surface area (Å²) < 4.78 is 1.78. The van der Waals surface area contributed by atoms with Gasteiger partial charge in [-0.05, 0) is 30.2 Å². The molecule has 1 aromatic carbocycles. The third kappa shape index (κ3) is 3.10. The van der Waals surface area contributed by atoms with Gasteiger partial charge in [-0.15, -0.1) is 0 Å². The van der Waals surface area contributed by atoms with E-state index in [9.17, 15) is 14.4 Å². The molecule has 3 heterocycles. The summed E-state index contributed by atoms with van der Waals surface area (Å²) in [5.74, 6) is -0.958. The molecule has 1 fully saturated rings. The van der Waals surface area contributed by atoms with Gasteiger partial charge in [0.1, 0.15) is 6.04 Å². The van der Waals surface area contributed by atoms with Gasteiger partial charge in [-0.25, -0.2) is 4.98 Å². The van der Waals surface area contributed by atoms with Gasteiger partial charge in [0.2, 0.25) is 11.8 Å². The summed E-state index contributed by atoms with van der Waals surface area (Å²) in [6.07, 6.45) is 4.79. The van der Waals surface area contributed by atoms with E-state index in [0.717, 1.165) is 17.3 Å². The number of amides is 3. The SMILES string of the molecule is Cn1cnc(-c2ccc3c(c2)CN(C2CCC(=O)NC2=O)C3=O)c1C(N)=CC=N. The van der Waals surface area contributed by atoms with E-state index < -0.39 is 11.9 Å². The lowest BCUT2D eigenvalue weighted by molar-refractivity contribution is -0.136. The van der Waals surface area contributed by atoms with Crippen LogP contribution in [-0.2, 0) is 23.2 Å². The third-order valence-electron chi connectivity index (χ3n) is 5.27. The van der Waals surface area contributed by atoms with Crippen molar-refractivity contribution in [1.29, 1.82) is 5.41 Å². The van der Waals surface area contributed by atoms with E-state index in [0.29, 0.717) is 35.6 Å². The van der Waals surface area contributed by atoms with E-state index in [2.05, 4.69) is 10.3 Å². The van der Waals surface area contributed by atoms with Gasteiger partial charge < -0.3 is 20.6 Å². The summed E-state index contributed by atoms with van der Waals surface area (Å²) in [6.45, 7) is 0.294. The lowest BCUT2D eigenvalue weighted by Crippen LogP contribution is -2.52. The van der Waals surface area contributed by atoms with Crippen molar-refractivity contribution in [3.8, 4) is 11.3 Å². The maximum Gasteiger partial charge on any atom is 0.255 e. The number of carbonyl (C=O) groups is 3. The summed E-state index contributed by atoms with van der Waals surface area (Å²) >= 11 is 0. The molecule has 148 valence electrons. The van der Waals surface area contributed by atoms with Crippen LogP contribution in [0.2, 0.25) is 0 Å². The van der Waals surface area contributed by atoms with Gasteiger partial charge in [0.05, 0.1) is 23.4 Å². The molecule has 0 spiro atoms. The number of allylic oxidation sites excluding steroid dienone is 1. The number of rotatable bonds is 4. The first-order valence-electron chi connectivity index (χ1n) is 9.16. The van der Waals surface area contributed by atoms with Gasteiger partial charge in [-0.3, -0.25) is 19.7 Å². The van der Waals surface area contributed by atoms with E-state index in [1.54, 1.807) is 23.0 Å². The Balaban J connectivity index is 1.67. The van der Waals surface area contributed by atoms with Gasteiger partial charge in [0, 0.05) is 37.4 Å². The number of hydrogen-bond donors (Lipinski definition) is 3. The van der Waals surface area contributed by atoms with E-state index in [1.807, 2.05) is 13.1 Å². The topological polar surface area (TPSA) is 134 Å². The third-order valence-corrected chi connectivity index (χ3v) is 5.27. The second-order valence-electron chi connectivity index (χ2n) is 7.11. The molecule has 1 atom stereocenters. The van der Waals surface area contributed by atoms with E-state index >= 15 is 0 Å². The fraction of sp³-hybridized carbons (Fsp3) is 0.250. The van der Waals surface area contributed by atoms with Crippen LogP contribution < -0.4 is 11.1 Å². The van der Waals surface area contributed by atoms with Crippen molar-refractivity contribution >= 4 is 29.6 Å². The molecule has 0 aliphatic carbocycles. The van der Waals surface area contributed by atoms with E-state index in [-0.39, 0.29) is 18.2 Å². The van der Waals surface area contributed by atoms with Gasteiger partial charge in [-0.2, -0.15) is 0 Å². The summed E-state index contributed by atoms with van der Waals surface area (Å²) in [5, 5.41) is 9.55. The Morgan fingerprint density at radius 3 is 2.86 bits per heavy atom. The largest absolute Gasteiger partial charge is 0.397 e. The van der Waals surface area contributed by atoms with Crippen LogP contribution in [0.4, 0.5) is 0 Å². The predicted molar refractivity (Wildman–Crippen MR) is 106 cm³/mol. The average Bonchev–Trinajstić information content (AvgIpc) is 3.22. The highest BCUT2D eigenvalue weighted by atomic mass is 16.2. The minimum atomic E-state index is -0.646. The first-order valence-corrected chi connectivity index (χ1v) is 9.16. The highest BCUT2D eigenvalue weighted by molar-refractivity contribution is 6.05. The number of carbonyl (C=O) groups excluding carboxylic acids is 3. The van der Waals surface area contributed by atoms with Crippen molar-refractivity contribution in [3.05, 3.63) is 47.4 Å². The predicted octanol–water partition coefficient (Wildman–Crippen LogP) is 0.797. The monoisotopic (exact) mass is 392 g/mol. The van der Waals surface area contributed by atoms with Crippen molar-refractivity contribution in [1.82, 2.24) is 19.8 Å². The smallest absolute Gasteiger partial charge is 0.255 e. The first kappa shape index (κ1) is 18.6. The molecule has 0 bridgehead atoms. The van der Waals surface area contributed by atoms with Crippen LogP contribution in [0.25, 0.3) is 17.0 Å². The molecule has 1 saturated heterocycles. The number of fused-ring (bicyclic) bond motifs is 1. The zero-order chi connectivity index (χ0) is 20.7. The molecule has 9 heteroatoms. The molecule has 3 amide bonds. The molecule has 0 radical (unpaired) electrons. The first-order chi connectivity index (χ1) is 13.9. The molecule has 0 saturated carbocycles. The van der Waals surface area contributed by atoms with Crippen molar-refractivity contribution < 1.29 is 14.4 Å². The van der Waals surface area contributed by atoms with E-state index in [4.69, 9.17) is 11.1 Å². The molecule has 29 heavy (non-hydrogen) atoms. The number of imidazole rings is 1. The Morgan fingerprint density at radius 2 is 2.14 bits per heavy atom. The minimum absolute atomic E-state index is 0.217. The number of nitrogens with one attached hydrogen (secondary N) is 2. The molecule has 1 unspecified atom stereocenters. The maximum atomic E-state index is 12.8. The Labute approximate surface area is 166 Å². The highest BCUT2D eigenvalue weighted by Gasteiger charge is 2.39. The summed E-state index contributed by atoms with van der Waals surface area (Å²) in [6, 6.07) is 4.76. The van der Waals surface area contributed by atoms with Gasteiger partial charge in [-0.1, -0.05) is 6.07 Å². The number of aryl methyl sites for hydroxylation is 1. The number of benzene rings is 1. The van der Waals surface area contributed by atoms with Crippen LogP contribution in [0.3, 0.4) is 0 Å². The second kappa shape index (κ2) is 7.01. The van der Waals surface area contributed by atoms with Gasteiger partial charge in [0.15, 0.2) is 0 Å². The zero-order valence-electron chi connectivity index (χ0n) is 15.8. The Bertz CT molecular complexity index is 1080. The fourth-order valence-corrected chi connectivity index (χ4v) is 3.87. The number of imide groups is 1. The molecule has 4 N–H and O–H groups in total. The molecule has 2 aliphatic heterocycles. The van der Waals surface area contributed by atoms with Crippen LogP contribution in [0.1, 0.15) is 34.5 Å². The highest BCUT2D eigenvalue weighted by Crippen LogP contribution is 2.32. The number of nitrogens with zero attached hydrogens (tertiary/aromatic N) is 3. The average molecular weight is 392 g/mol. The standard InChI is InChI=1S/C20H20N6O3/c1-25-10-23-17(18(25)14(22)6-7-21)11-2-3-13-12(8-11)9-26(20(13)29)15-4-5-16(27)24-19(15)28/h2-3,6-8,10,15,21H,4-5,9,22H2,1H3,(H,24,27,28). The molecular formula is C20H20N6O3. The second-order valence-corrected chi connectivity index (χ2v) is 7.11. The van der Waals surface area contributed by atoms with E-state index in [1.165, 1.54) is 11.0 Å². The lowest BCUT2D eigenvalue weighted by Gasteiger charge is -2.29. The van der Waals surface area contributed by atoms with Crippen molar-refractivity contribution in [2.75, 3.05) is 0 Å². The van der Waals surface area contributed by atoms with Crippen molar-refractivity contribution in [2.45, 2.75) is 25.4 Å².